The predicted molar refractivity (Wildman–Crippen MR) is 79.0 cm³/mol. The van der Waals surface area contributed by atoms with Gasteiger partial charge in [-0.05, 0) is 25.0 Å². The van der Waals surface area contributed by atoms with Crippen LogP contribution >= 0.6 is 11.8 Å². The van der Waals surface area contributed by atoms with Gasteiger partial charge in [-0.15, -0.1) is 0 Å². The zero-order chi connectivity index (χ0) is 13.8. The lowest BCUT2D eigenvalue weighted by Gasteiger charge is -2.35. The Morgan fingerprint density at radius 1 is 1.35 bits per heavy atom. The van der Waals surface area contributed by atoms with Crippen LogP contribution in [0.15, 0.2) is 0 Å². The van der Waals surface area contributed by atoms with E-state index < -0.39 is 0 Å². The van der Waals surface area contributed by atoms with Crippen molar-refractivity contribution in [3.63, 3.8) is 0 Å². The summed E-state index contributed by atoms with van der Waals surface area (Å²) in [5, 5.41) is 3.28. The molecule has 0 saturated carbocycles. The van der Waals surface area contributed by atoms with E-state index in [1.54, 1.807) is 0 Å². The second-order valence-corrected chi connectivity index (χ2v) is 6.87. The number of rotatable bonds is 4. The van der Waals surface area contributed by atoms with Crippen molar-refractivity contribution in [2.75, 3.05) is 44.4 Å². The van der Waals surface area contributed by atoms with Crippen LogP contribution in [0, 0.1) is 0 Å². The summed E-state index contributed by atoms with van der Waals surface area (Å²) in [5.74, 6) is 2.42. The Bertz CT molecular complexity index is 324. The summed E-state index contributed by atoms with van der Waals surface area (Å²) in [6, 6.07) is 0.205. The van der Waals surface area contributed by atoms with Gasteiger partial charge >= 0.3 is 0 Å². The van der Waals surface area contributed by atoms with Gasteiger partial charge < -0.3 is 19.7 Å². The molecule has 3 atom stereocenters. The molecule has 0 aromatic rings. The highest BCUT2D eigenvalue weighted by Gasteiger charge is 2.34. The first-order valence-electron chi connectivity index (χ1n) is 7.65. The number of amides is 1. The minimum absolute atomic E-state index is 0.171. The minimum Gasteiger partial charge on any atom is -0.378 e. The van der Waals surface area contributed by atoms with Crippen molar-refractivity contribution in [2.45, 2.75) is 37.5 Å². The van der Waals surface area contributed by atoms with Gasteiger partial charge in [0.05, 0.1) is 19.3 Å². The normalized spacial score (nSPS) is 34.3. The predicted octanol–water partition coefficient (Wildman–Crippen LogP) is 0.488. The molecular formula is C14H24N2O3S. The number of carbonyl (C=O) groups is 1. The molecule has 0 spiro atoms. The zero-order valence-corrected chi connectivity index (χ0v) is 12.7. The van der Waals surface area contributed by atoms with Gasteiger partial charge in [-0.1, -0.05) is 0 Å². The Balaban J connectivity index is 1.64. The molecule has 20 heavy (non-hydrogen) atoms. The Labute approximate surface area is 124 Å². The highest BCUT2D eigenvalue weighted by Crippen LogP contribution is 2.25. The molecule has 3 saturated heterocycles. The number of hydrogen-bond acceptors (Lipinski definition) is 5. The second kappa shape index (κ2) is 7.11. The number of hydrogen-bond donors (Lipinski definition) is 1. The SMILES string of the molecule is O=C(C1COCCN1)N(CC1CCCO1)C1CCSC1. The molecule has 3 unspecified atom stereocenters. The van der Waals surface area contributed by atoms with E-state index in [1.807, 2.05) is 11.8 Å². The monoisotopic (exact) mass is 300 g/mol. The lowest BCUT2D eigenvalue weighted by molar-refractivity contribution is -0.140. The molecule has 0 aliphatic carbocycles. The van der Waals surface area contributed by atoms with E-state index in [9.17, 15) is 4.79 Å². The average molecular weight is 300 g/mol. The van der Waals surface area contributed by atoms with E-state index >= 15 is 0 Å². The van der Waals surface area contributed by atoms with Gasteiger partial charge in [0.1, 0.15) is 6.04 Å². The molecule has 3 fully saturated rings. The second-order valence-electron chi connectivity index (χ2n) is 5.72. The number of thioether (sulfide) groups is 1. The van der Waals surface area contributed by atoms with Gasteiger partial charge in [0.25, 0.3) is 0 Å². The number of ether oxygens (including phenoxy) is 2. The quantitative estimate of drug-likeness (QED) is 0.819. The largest absolute Gasteiger partial charge is 0.378 e. The molecule has 6 heteroatoms. The van der Waals surface area contributed by atoms with Crippen LogP contribution in [0.4, 0.5) is 0 Å². The van der Waals surface area contributed by atoms with Crippen LogP contribution in [0.1, 0.15) is 19.3 Å². The topological polar surface area (TPSA) is 50.8 Å². The van der Waals surface area contributed by atoms with E-state index in [0.717, 1.165) is 50.5 Å². The molecule has 1 amide bonds. The van der Waals surface area contributed by atoms with E-state index in [-0.39, 0.29) is 18.1 Å². The fraction of sp³-hybridized carbons (Fsp3) is 0.929. The van der Waals surface area contributed by atoms with Gasteiger partial charge in [0.15, 0.2) is 0 Å². The first-order valence-corrected chi connectivity index (χ1v) is 8.81. The highest BCUT2D eigenvalue weighted by atomic mass is 32.2. The molecule has 1 N–H and O–H groups in total. The Hall–Kier alpha value is -0.300. The third-order valence-electron chi connectivity index (χ3n) is 4.27. The summed E-state index contributed by atoms with van der Waals surface area (Å²) in [5.41, 5.74) is 0. The number of nitrogens with zero attached hydrogens (tertiary/aromatic N) is 1. The van der Waals surface area contributed by atoms with Crippen molar-refractivity contribution >= 4 is 17.7 Å². The van der Waals surface area contributed by atoms with Crippen LogP contribution in [0.25, 0.3) is 0 Å². The van der Waals surface area contributed by atoms with Crippen LogP contribution in [0.3, 0.4) is 0 Å². The molecule has 3 rings (SSSR count). The van der Waals surface area contributed by atoms with Gasteiger partial charge in [0, 0.05) is 31.5 Å². The third-order valence-corrected chi connectivity index (χ3v) is 5.42. The molecule has 114 valence electrons. The van der Waals surface area contributed by atoms with Crippen LogP contribution in [-0.2, 0) is 14.3 Å². The standard InChI is InChI=1S/C14H24N2O3S/c17-14(13-9-18-6-4-15-13)16(11-3-7-20-10-11)8-12-2-1-5-19-12/h11-13,15H,1-10H2. The maximum absolute atomic E-state index is 12.8. The number of nitrogens with one attached hydrogen (secondary N) is 1. The van der Waals surface area contributed by atoms with Crippen LogP contribution < -0.4 is 5.32 Å². The molecule has 0 bridgehead atoms. The van der Waals surface area contributed by atoms with Crippen molar-refractivity contribution in [1.29, 1.82) is 0 Å². The van der Waals surface area contributed by atoms with Gasteiger partial charge in [-0.25, -0.2) is 0 Å². The molecule has 3 aliphatic rings. The van der Waals surface area contributed by atoms with Crippen LogP contribution in [-0.4, -0.2) is 73.4 Å². The molecular weight excluding hydrogens is 276 g/mol. The summed E-state index contributed by atoms with van der Waals surface area (Å²) in [7, 11) is 0. The van der Waals surface area contributed by atoms with Crippen molar-refractivity contribution in [2.24, 2.45) is 0 Å². The Kier molecular flexibility index (Phi) is 5.20. The minimum atomic E-state index is -0.171. The fourth-order valence-corrected chi connectivity index (χ4v) is 4.34. The molecule has 3 heterocycles. The Morgan fingerprint density at radius 3 is 2.95 bits per heavy atom. The zero-order valence-electron chi connectivity index (χ0n) is 11.9. The number of carbonyl (C=O) groups excluding carboxylic acids is 1. The maximum Gasteiger partial charge on any atom is 0.242 e. The smallest absolute Gasteiger partial charge is 0.242 e. The van der Waals surface area contributed by atoms with Crippen molar-refractivity contribution in [1.82, 2.24) is 10.2 Å². The fourth-order valence-electron chi connectivity index (χ4n) is 3.12. The maximum atomic E-state index is 12.8. The molecule has 0 aromatic heterocycles. The van der Waals surface area contributed by atoms with Crippen molar-refractivity contribution in [3.05, 3.63) is 0 Å². The summed E-state index contributed by atoms with van der Waals surface area (Å²) in [4.78, 5) is 14.9. The van der Waals surface area contributed by atoms with E-state index in [1.165, 1.54) is 0 Å². The van der Waals surface area contributed by atoms with Gasteiger partial charge in [-0.3, -0.25) is 4.79 Å². The first-order chi connectivity index (χ1) is 9.84. The third kappa shape index (κ3) is 3.47. The Morgan fingerprint density at radius 2 is 2.30 bits per heavy atom. The lowest BCUT2D eigenvalue weighted by Crippen LogP contribution is -2.56. The summed E-state index contributed by atoms with van der Waals surface area (Å²) in [6.07, 6.45) is 3.54. The van der Waals surface area contributed by atoms with E-state index in [4.69, 9.17) is 9.47 Å². The molecule has 5 nitrogen and oxygen atoms in total. The molecule has 0 aromatic carbocycles. The van der Waals surface area contributed by atoms with Crippen LogP contribution in [0.5, 0.6) is 0 Å². The lowest BCUT2D eigenvalue weighted by atomic mass is 10.1. The van der Waals surface area contributed by atoms with E-state index in [2.05, 4.69) is 10.2 Å². The number of morpholine rings is 1. The summed E-state index contributed by atoms with van der Waals surface area (Å²) < 4.78 is 11.2. The van der Waals surface area contributed by atoms with Crippen molar-refractivity contribution in [3.8, 4) is 0 Å². The summed E-state index contributed by atoms with van der Waals surface area (Å²) in [6.45, 7) is 3.57. The summed E-state index contributed by atoms with van der Waals surface area (Å²) >= 11 is 1.95. The highest BCUT2D eigenvalue weighted by molar-refractivity contribution is 7.99. The van der Waals surface area contributed by atoms with Gasteiger partial charge in [0.2, 0.25) is 5.91 Å². The van der Waals surface area contributed by atoms with E-state index in [0.29, 0.717) is 19.3 Å². The first kappa shape index (κ1) is 14.6. The molecule has 0 radical (unpaired) electrons. The molecule has 3 aliphatic heterocycles. The van der Waals surface area contributed by atoms with Crippen molar-refractivity contribution < 1.29 is 14.3 Å². The average Bonchev–Trinajstić information content (AvgIpc) is 3.18. The van der Waals surface area contributed by atoms with Crippen LogP contribution in [0.2, 0.25) is 0 Å². The van der Waals surface area contributed by atoms with Gasteiger partial charge in [-0.2, -0.15) is 11.8 Å².